The summed E-state index contributed by atoms with van der Waals surface area (Å²) in [7, 11) is 0. The van der Waals surface area contributed by atoms with Gasteiger partial charge in [-0.15, -0.1) is 24.4 Å². The number of hydrogen-bond donors (Lipinski definition) is 0. The van der Waals surface area contributed by atoms with Crippen LogP contribution in [0, 0.1) is 31.1 Å². The number of hydrogen-bond acceptors (Lipinski definition) is 1. The van der Waals surface area contributed by atoms with Gasteiger partial charge in [-0.25, -0.2) is 0 Å². The van der Waals surface area contributed by atoms with Gasteiger partial charge in [0.25, 0.3) is 0 Å². The monoisotopic (exact) mass is 373 g/mol. The highest BCUT2D eigenvalue weighted by atomic mass is 35.5. The van der Waals surface area contributed by atoms with Crippen LogP contribution in [0.15, 0.2) is 30.4 Å². The maximum absolute atomic E-state index is 9.31. The van der Waals surface area contributed by atoms with E-state index in [-0.39, 0.29) is 0 Å². The van der Waals surface area contributed by atoms with E-state index in [1.807, 2.05) is 20.8 Å². The van der Waals surface area contributed by atoms with Gasteiger partial charge in [0.2, 0.25) is 0 Å². The van der Waals surface area contributed by atoms with E-state index in [1.165, 1.54) is 24.0 Å². The molecule has 26 heavy (non-hydrogen) atoms. The molecule has 0 aliphatic carbocycles. The molecule has 0 fully saturated rings. The van der Waals surface area contributed by atoms with Gasteiger partial charge in [-0.1, -0.05) is 57.0 Å². The number of alkyl halides is 1. The number of unbranched alkanes of at least 4 members (excludes halogenated alkanes) is 1. The zero-order valence-corrected chi connectivity index (χ0v) is 18.2. The molecule has 1 aromatic rings. The minimum absolute atomic E-state index is 0.383. The van der Waals surface area contributed by atoms with Crippen molar-refractivity contribution in [2.45, 2.75) is 78.6 Å². The first-order valence-electron chi connectivity index (χ1n) is 9.42. The second kappa shape index (κ2) is 15.5. The highest BCUT2D eigenvalue weighted by Gasteiger charge is 2.21. The van der Waals surface area contributed by atoms with E-state index in [4.69, 9.17) is 11.6 Å². The van der Waals surface area contributed by atoms with Gasteiger partial charge >= 0.3 is 0 Å². The highest BCUT2D eigenvalue weighted by molar-refractivity contribution is 6.17. The molecule has 1 nitrogen and oxygen atoms in total. The maximum atomic E-state index is 9.31. The molecule has 2 heteroatoms. The van der Waals surface area contributed by atoms with E-state index < -0.39 is 5.41 Å². The van der Waals surface area contributed by atoms with Crippen molar-refractivity contribution in [2.24, 2.45) is 0 Å². The molecule has 0 spiro atoms. The number of benzene rings is 1. The Morgan fingerprint density at radius 1 is 1.23 bits per heavy atom. The second-order valence-corrected chi connectivity index (χ2v) is 7.15. The zero-order valence-electron chi connectivity index (χ0n) is 17.5. The molecule has 0 bridgehead atoms. The van der Waals surface area contributed by atoms with Crippen molar-refractivity contribution in [2.75, 3.05) is 5.88 Å². The summed E-state index contributed by atoms with van der Waals surface area (Å²) in [4.78, 5) is 0. The van der Waals surface area contributed by atoms with Gasteiger partial charge in [-0.2, -0.15) is 5.26 Å². The van der Waals surface area contributed by atoms with Crippen LogP contribution in [-0.4, -0.2) is 5.88 Å². The summed E-state index contributed by atoms with van der Waals surface area (Å²) < 4.78 is 0. The largest absolute Gasteiger partial charge is 0.197 e. The topological polar surface area (TPSA) is 23.8 Å². The normalized spacial score (nSPS) is 11.5. The molecule has 1 aromatic carbocycles. The predicted molar refractivity (Wildman–Crippen MR) is 118 cm³/mol. The molecule has 144 valence electrons. The number of nitrogens with zero attached hydrogens (tertiary/aromatic N) is 1. The van der Waals surface area contributed by atoms with Gasteiger partial charge in [0.15, 0.2) is 0 Å². The van der Waals surface area contributed by atoms with Gasteiger partial charge < -0.3 is 0 Å². The van der Waals surface area contributed by atoms with Crippen molar-refractivity contribution in [1.82, 2.24) is 0 Å². The van der Waals surface area contributed by atoms with E-state index in [0.717, 1.165) is 18.4 Å². The van der Waals surface area contributed by atoms with Crippen molar-refractivity contribution in [1.29, 1.82) is 5.26 Å². The molecule has 0 radical (unpaired) electrons. The molecular formula is C24H36ClN. The molecule has 0 heterocycles. The minimum atomic E-state index is -0.449. The molecule has 0 saturated heterocycles. The average molecular weight is 374 g/mol. The standard InChI is InChI=1S/C18H24ClN.C4H10.C2H2/c1-5-7-15(8-6-11-19)17-12-16(10-9-14(17)2)18(3,4)13-20;1-3-4-2;1-2/h5,7,9-10,12,15H,6,8,11H2,1-4H3;3-4H2,1-2H3;1-2H/b7-5-;;. The van der Waals surface area contributed by atoms with Gasteiger partial charge in [-0.3, -0.25) is 0 Å². The predicted octanol–water partition coefficient (Wildman–Crippen LogP) is 7.53. The van der Waals surface area contributed by atoms with Crippen LogP contribution in [0.4, 0.5) is 0 Å². The Morgan fingerprint density at radius 2 is 1.81 bits per heavy atom. The van der Waals surface area contributed by atoms with Gasteiger partial charge in [0.1, 0.15) is 0 Å². The summed E-state index contributed by atoms with van der Waals surface area (Å²) >= 11 is 5.83. The highest BCUT2D eigenvalue weighted by Crippen LogP contribution is 2.31. The third kappa shape index (κ3) is 9.70. The number of rotatable bonds is 7. The summed E-state index contributed by atoms with van der Waals surface area (Å²) in [5, 5.41) is 9.31. The van der Waals surface area contributed by atoms with Crippen molar-refractivity contribution in [3.8, 4) is 18.9 Å². The minimum Gasteiger partial charge on any atom is -0.197 e. The Labute approximate surface area is 167 Å². The van der Waals surface area contributed by atoms with Crippen molar-refractivity contribution >= 4 is 11.6 Å². The Morgan fingerprint density at radius 3 is 2.23 bits per heavy atom. The summed E-state index contributed by atoms with van der Waals surface area (Å²) in [6.45, 7) is 12.5. The van der Waals surface area contributed by atoms with E-state index in [9.17, 15) is 5.26 Å². The second-order valence-electron chi connectivity index (χ2n) is 6.77. The Balaban J connectivity index is 0. The molecule has 1 atom stereocenters. The van der Waals surface area contributed by atoms with Crippen LogP contribution < -0.4 is 0 Å². The molecule has 1 rings (SSSR count). The Hall–Kier alpha value is -1.70. The lowest BCUT2D eigenvalue weighted by molar-refractivity contribution is 0.675. The molecule has 1 unspecified atom stereocenters. The van der Waals surface area contributed by atoms with Crippen molar-refractivity contribution in [3.05, 3.63) is 47.0 Å². The van der Waals surface area contributed by atoms with Crippen molar-refractivity contribution < 1.29 is 0 Å². The molecular weight excluding hydrogens is 338 g/mol. The fourth-order valence-corrected chi connectivity index (χ4v) is 2.53. The van der Waals surface area contributed by atoms with Crippen LogP contribution in [0.5, 0.6) is 0 Å². The van der Waals surface area contributed by atoms with Gasteiger partial charge in [0, 0.05) is 11.8 Å². The van der Waals surface area contributed by atoms with E-state index in [0.29, 0.717) is 11.8 Å². The fourth-order valence-electron chi connectivity index (χ4n) is 2.38. The van der Waals surface area contributed by atoms with Crippen LogP contribution in [0.1, 0.15) is 82.9 Å². The molecule has 0 N–H and O–H groups in total. The summed E-state index contributed by atoms with van der Waals surface area (Å²) in [6, 6.07) is 8.76. The molecule has 0 aliphatic rings. The lowest BCUT2D eigenvalue weighted by atomic mass is 9.81. The number of terminal acetylenes is 1. The summed E-state index contributed by atoms with van der Waals surface area (Å²) in [5.41, 5.74) is 3.23. The van der Waals surface area contributed by atoms with Crippen LogP contribution >= 0.6 is 11.6 Å². The number of nitriles is 1. The number of aryl methyl sites for hydroxylation is 1. The number of halogens is 1. The van der Waals surface area contributed by atoms with Crippen LogP contribution in [0.2, 0.25) is 0 Å². The SMILES string of the molecule is C#C.C/C=C\C(CCCCl)c1cc(C(C)(C)C#N)ccc1C.CCCC. The molecule has 0 saturated carbocycles. The Bertz CT molecular complexity index is 574. The lowest BCUT2D eigenvalue weighted by Gasteiger charge is -2.21. The zero-order chi connectivity index (χ0) is 20.6. The van der Waals surface area contributed by atoms with Gasteiger partial charge in [0.05, 0.1) is 11.5 Å². The van der Waals surface area contributed by atoms with Gasteiger partial charge in [-0.05, 0) is 57.2 Å². The van der Waals surface area contributed by atoms with Crippen LogP contribution in [-0.2, 0) is 5.41 Å². The quantitative estimate of drug-likeness (QED) is 0.275. The fraction of sp³-hybridized carbons (Fsp3) is 0.542. The third-order valence-electron chi connectivity index (χ3n) is 4.25. The summed E-state index contributed by atoms with van der Waals surface area (Å²) in [6.07, 6.45) is 17.0. The van der Waals surface area contributed by atoms with Crippen LogP contribution in [0.25, 0.3) is 0 Å². The van der Waals surface area contributed by atoms with Crippen molar-refractivity contribution in [3.63, 3.8) is 0 Å². The first-order valence-corrected chi connectivity index (χ1v) is 9.95. The molecule has 0 amide bonds. The number of allylic oxidation sites excluding steroid dienone is 2. The Kier molecular flexibility index (Phi) is 15.9. The van der Waals surface area contributed by atoms with E-state index >= 15 is 0 Å². The molecule has 0 aromatic heterocycles. The van der Waals surface area contributed by atoms with E-state index in [1.54, 1.807) is 0 Å². The third-order valence-corrected chi connectivity index (χ3v) is 4.52. The maximum Gasteiger partial charge on any atom is 0.0766 e. The lowest BCUT2D eigenvalue weighted by Crippen LogP contribution is -2.15. The van der Waals surface area contributed by atoms with E-state index in [2.05, 4.69) is 70.0 Å². The smallest absolute Gasteiger partial charge is 0.0766 e. The van der Waals surface area contributed by atoms with Crippen LogP contribution in [0.3, 0.4) is 0 Å². The molecule has 0 aliphatic heterocycles. The average Bonchev–Trinajstić information content (AvgIpc) is 2.67. The summed E-state index contributed by atoms with van der Waals surface area (Å²) in [5.74, 6) is 1.07. The first kappa shape index (κ1) is 26.5. The first-order chi connectivity index (χ1) is 12.4.